The number of alkyl halides is 3. The van der Waals surface area contributed by atoms with Crippen LogP contribution in [-0.2, 0) is 17.5 Å². The second-order valence-electron chi connectivity index (χ2n) is 6.88. The van der Waals surface area contributed by atoms with Gasteiger partial charge in [0.2, 0.25) is 11.9 Å². The first-order valence-corrected chi connectivity index (χ1v) is 9.29. The van der Waals surface area contributed by atoms with Crippen LogP contribution >= 0.6 is 0 Å². The van der Waals surface area contributed by atoms with E-state index in [1.165, 1.54) is 0 Å². The van der Waals surface area contributed by atoms with Crippen LogP contribution in [0.3, 0.4) is 0 Å². The minimum atomic E-state index is -4.74. The molecule has 1 aromatic heterocycles. The third kappa shape index (κ3) is 6.13. The maximum Gasteiger partial charge on any atom is 0.416 e. The zero-order valence-corrected chi connectivity index (χ0v) is 16.8. The fourth-order valence-corrected chi connectivity index (χ4v) is 2.74. The second kappa shape index (κ2) is 9.29. The van der Waals surface area contributed by atoms with Gasteiger partial charge in [-0.1, -0.05) is 0 Å². The Morgan fingerprint density at radius 3 is 2.52 bits per heavy atom. The van der Waals surface area contributed by atoms with Gasteiger partial charge in [-0.25, -0.2) is 9.18 Å². The number of amides is 2. The van der Waals surface area contributed by atoms with Crippen molar-refractivity contribution in [2.45, 2.75) is 12.7 Å². The lowest BCUT2D eigenvalue weighted by Crippen LogP contribution is -2.38. The highest BCUT2D eigenvalue weighted by Crippen LogP contribution is 2.31. The summed E-state index contributed by atoms with van der Waals surface area (Å²) in [5, 5.41) is 4.64. The van der Waals surface area contributed by atoms with Crippen LogP contribution in [0.4, 0.5) is 39.9 Å². The minimum Gasteiger partial charge on any atom is -0.378 e. The van der Waals surface area contributed by atoms with Gasteiger partial charge in [0.15, 0.2) is 5.82 Å². The summed E-state index contributed by atoms with van der Waals surface area (Å²) in [6.07, 6.45) is -4.74. The average Bonchev–Trinajstić information content (AvgIpc) is 2.71. The zero-order valence-electron chi connectivity index (χ0n) is 16.8. The molecule has 13 heteroatoms. The van der Waals surface area contributed by atoms with E-state index in [1.54, 1.807) is 19.0 Å². The normalized spacial score (nSPS) is 14.3. The molecule has 1 aromatic carbocycles. The van der Waals surface area contributed by atoms with Gasteiger partial charge >= 0.3 is 12.2 Å². The monoisotopic (exact) mass is 443 g/mol. The number of urea groups is 1. The fourth-order valence-electron chi connectivity index (χ4n) is 2.74. The highest BCUT2D eigenvalue weighted by atomic mass is 19.4. The lowest BCUT2D eigenvalue weighted by molar-refractivity contribution is -0.137. The number of anilines is 3. The molecule has 0 aliphatic carbocycles. The number of morpholine rings is 1. The third-order valence-corrected chi connectivity index (χ3v) is 4.24. The molecule has 1 fully saturated rings. The molecular weight excluding hydrogens is 422 g/mol. The van der Waals surface area contributed by atoms with Crippen molar-refractivity contribution in [2.75, 3.05) is 55.5 Å². The van der Waals surface area contributed by atoms with Crippen LogP contribution in [0.2, 0.25) is 0 Å². The molecule has 0 saturated carbocycles. The number of nitrogens with one attached hydrogen (secondary N) is 2. The predicted molar refractivity (Wildman–Crippen MR) is 104 cm³/mol. The molecule has 9 nitrogen and oxygen atoms in total. The molecule has 1 saturated heterocycles. The van der Waals surface area contributed by atoms with Crippen molar-refractivity contribution in [1.29, 1.82) is 0 Å². The summed E-state index contributed by atoms with van der Waals surface area (Å²) in [6.45, 7) is 2.16. The number of nitrogens with zero attached hydrogens (tertiary/aromatic N) is 5. The maximum absolute atomic E-state index is 13.5. The summed E-state index contributed by atoms with van der Waals surface area (Å²) in [7, 11) is 3.51. The molecule has 0 bridgehead atoms. The summed E-state index contributed by atoms with van der Waals surface area (Å²) < 4.78 is 57.2. The molecule has 0 atom stereocenters. The number of carbonyl (C=O) groups is 1. The highest BCUT2D eigenvalue weighted by Gasteiger charge is 2.31. The lowest BCUT2D eigenvalue weighted by atomic mass is 10.2. The largest absolute Gasteiger partial charge is 0.416 e. The van der Waals surface area contributed by atoms with Gasteiger partial charge in [0, 0.05) is 32.9 Å². The van der Waals surface area contributed by atoms with Gasteiger partial charge in [0.05, 0.1) is 25.3 Å². The lowest BCUT2D eigenvalue weighted by Gasteiger charge is -2.27. The number of benzene rings is 1. The van der Waals surface area contributed by atoms with Gasteiger partial charge in [-0.15, -0.1) is 0 Å². The maximum atomic E-state index is 13.5. The Balaban J connectivity index is 1.69. The quantitative estimate of drug-likeness (QED) is 0.685. The summed E-state index contributed by atoms with van der Waals surface area (Å²) in [4.78, 5) is 28.7. The Bertz CT molecular complexity index is 934. The molecule has 2 heterocycles. The van der Waals surface area contributed by atoms with E-state index < -0.39 is 23.6 Å². The molecule has 0 radical (unpaired) electrons. The van der Waals surface area contributed by atoms with Crippen LogP contribution in [0.15, 0.2) is 18.2 Å². The summed E-state index contributed by atoms with van der Waals surface area (Å²) >= 11 is 0. The van der Waals surface area contributed by atoms with E-state index >= 15 is 0 Å². The van der Waals surface area contributed by atoms with E-state index in [0.29, 0.717) is 50.3 Å². The van der Waals surface area contributed by atoms with E-state index in [9.17, 15) is 22.4 Å². The van der Waals surface area contributed by atoms with E-state index in [4.69, 9.17) is 4.74 Å². The molecular formula is C18H21F4N7O2. The molecule has 2 aromatic rings. The van der Waals surface area contributed by atoms with Crippen molar-refractivity contribution in [3.8, 4) is 0 Å². The molecule has 31 heavy (non-hydrogen) atoms. The molecule has 0 unspecified atom stereocenters. The average molecular weight is 443 g/mol. The second-order valence-corrected chi connectivity index (χ2v) is 6.88. The van der Waals surface area contributed by atoms with Crippen LogP contribution in [0.5, 0.6) is 0 Å². The Hall–Kier alpha value is -3.22. The Kier molecular flexibility index (Phi) is 6.73. The SMILES string of the molecule is CN(C)c1nc(CNC(=O)Nc2cc(F)cc(C(F)(F)F)c2)nc(N2CCOCC2)n1. The van der Waals surface area contributed by atoms with E-state index in [-0.39, 0.29) is 18.1 Å². The number of hydrogen-bond donors (Lipinski definition) is 2. The predicted octanol–water partition coefficient (Wildman–Crippen LogP) is 2.25. The molecule has 3 rings (SSSR count). The number of halogens is 4. The Morgan fingerprint density at radius 1 is 1.16 bits per heavy atom. The topological polar surface area (TPSA) is 95.5 Å². The summed E-state index contributed by atoms with van der Waals surface area (Å²) in [6, 6.07) is 0.952. The van der Waals surface area contributed by atoms with Gasteiger partial charge in [-0.05, 0) is 18.2 Å². The zero-order chi connectivity index (χ0) is 22.6. The van der Waals surface area contributed by atoms with Crippen LogP contribution in [-0.4, -0.2) is 61.4 Å². The summed E-state index contributed by atoms with van der Waals surface area (Å²) in [5.74, 6) is -0.0493. The minimum absolute atomic E-state index is 0.117. The first-order valence-electron chi connectivity index (χ1n) is 9.29. The van der Waals surface area contributed by atoms with Gasteiger partial charge in [-0.3, -0.25) is 0 Å². The number of hydrogen-bond acceptors (Lipinski definition) is 7. The molecule has 1 aliphatic heterocycles. The van der Waals surface area contributed by atoms with Crippen LogP contribution in [0.1, 0.15) is 11.4 Å². The first-order chi connectivity index (χ1) is 14.6. The number of carbonyl (C=O) groups excluding carboxylic acids is 1. The molecule has 0 spiro atoms. The smallest absolute Gasteiger partial charge is 0.378 e. The van der Waals surface area contributed by atoms with Crippen LogP contribution in [0, 0.1) is 5.82 Å². The molecule has 168 valence electrons. The van der Waals surface area contributed by atoms with Gasteiger partial charge in [-0.2, -0.15) is 28.1 Å². The number of rotatable bonds is 5. The Labute approximate surface area is 175 Å². The van der Waals surface area contributed by atoms with Crippen molar-refractivity contribution in [2.24, 2.45) is 0 Å². The van der Waals surface area contributed by atoms with Crippen molar-refractivity contribution < 1.29 is 27.1 Å². The first kappa shape index (κ1) is 22.5. The molecule has 2 N–H and O–H groups in total. The van der Waals surface area contributed by atoms with Crippen LogP contribution in [0.25, 0.3) is 0 Å². The van der Waals surface area contributed by atoms with E-state index in [2.05, 4.69) is 25.6 Å². The summed E-state index contributed by atoms with van der Waals surface area (Å²) in [5.41, 5.74) is -1.53. The molecule has 2 amide bonds. The Morgan fingerprint density at radius 2 is 1.87 bits per heavy atom. The van der Waals surface area contributed by atoms with Crippen molar-refractivity contribution in [1.82, 2.24) is 20.3 Å². The van der Waals surface area contributed by atoms with Crippen molar-refractivity contribution >= 4 is 23.6 Å². The van der Waals surface area contributed by atoms with E-state index in [0.717, 1.165) is 6.07 Å². The van der Waals surface area contributed by atoms with Crippen molar-refractivity contribution in [3.05, 3.63) is 35.4 Å². The third-order valence-electron chi connectivity index (χ3n) is 4.24. The van der Waals surface area contributed by atoms with Gasteiger partial charge < -0.3 is 25.2 Å². The highest BCUT2D eigenvalue weighted by molar-refractivity contribution is 5.89. The molecule has 1 aliphatic rings. The van der Waals surface area contributed by atoms with Gasteiger partial charge in [0.25, 0.3) is 0 Å². The standard InChI is InChI=1S/C18H21F4N7O2/c1-28(2)15-25-14(26-16(27-15)29-3-5-31-6-4-29)10-23-17(30)24-13-8-11(18(20,21)22)7-12(19)9-13/h7-9H,3-6,10H2,1-2H3,(H2,23,24,30). The van der Waals surface area contributed by atoms with Gasteiger partial charge in [0.1, 0.15) is 5.82 Å². The van der Waals surface area contributed by atoms with Crippen LogP contribution < -0.4 is 20.4 Å². The van der Waals surface area contributed by atoms with E-state index in [1.807, 2.05) is 4.90 Å². The fraction of sp³-hybridized carbons (Fsp3) is 0.444. The number of aromatic nitrogens is 3. The number of ether oxygens (including phenoxy) is 1. The van der Waals surface area contributed by atoms with Crippen molar-refractivity contribution in [3.63, 3.8) is 0 Å².